The van der Waals surface area contributed by atoms with Crippen LogP contribution in [0.2, 0.25) is 0 Å². The molecule has 0 unspecified atom stereocenters. The van der Waals surface area contributed by atoms with Crippen molar-refractivity contribution in [2.45, 2.75) is 11.4 Å². The first-order valence-electron chi connectivity index (χ1n) is 7.73. The molecule has 0 radical (unpaired) electrons. The van der Waals surface area contributed by atoms with E-state index in [1.807, 2.05) is 42.6 Å². The van der Waals surface area contributed by atoms with Crippen LogP contribution < -0.4 is 5.32 Å². The largest absolute Gasteiger partial charge is 0.321 e. The molecule has 0 aliphatic carbocycles. The minimum atomic E-state index is -0.133. The molecule has 2 aromatic carbocycles. The fourth-order valence-corrected chi connectivity index (χ4v) is 3.66. The van der Waals surface area contributed by atoms with Crippen LogP contribution >= 0.6 is 33.9 Å². The Morgan fingerprint density at radius 1 is 1.00 bits per heavy atom. The molecule has 0 aliphatic heterocycles. The number of benzene rings is 2. The van der Waals surface area contributed by atoms with E-state index in [4.69, 9.17) is 0 Å². The van der Waals surface area contributed by atoms with Crippen LogP contribution in [0.1, 0.15) is 36.7 Å². The van der Waals surface area contributed by atoms with Gasteiger partial charge in [-0.1, -0.05) is 46.9 Å². The van der Waals surface area contributed by atoms with Crippen LogP contribution in [0.15, 0.2) is 60.0 Å². The number of aryl methyl sites for hydroxylation is 1. The third kappa shape index (κ3) is 4.35. The number of amides is 1. The fraction of sp³-hybridized carbons (Fsp3) is 0.100. The number of anilines is 1. The molecule has 25 heavy (non-hydrogen) atoms. The molecule has 1 N–H and O–H groups in total. The quantitative estimate of drug-likeness (QED) is 0.311. The fourth-order valence-electron chi connectivity index (χ4n) is 2.36. The number of nitrogens with one attached hydrogen (secondary N) is 1. The van der Waals surface area contributed by atoms with E-state index in [0.29, 0.717) is 21.7 Å². The molecule has 0 saturated carbocycles. The molecule has 1 aromatic heterocycles. The zero-order valence-electron chi connectivity index (χ0n) is 13.6. The first-order chi connectivity index (χ1) is 12.1. The number of alkyl halides is 1. The first kappa shape index (κ1) is 17.8. The molecule has 1 amide bonds. The van der Waals surface area contributed by atoms with E-state index in [-0.39, 0.29) is 11.7 Å². The maximum Gasteiger partial charge on any atom is 0.265 e. The Balaban J connectivity index is 1.70. The van der Waals surface area contributed by atoms with Crippen LogP contribution in [0.5, 0.6) is 0 Å². The van der Waals surface area contributed by atoms with Crippen molar-refractivity contribution in [2.75, 3.05) is 5.32 Å². The van der Waals surface area contributed by atoms with Gasteiger partial charge in [0.05, 0.1) is 4.88 Å². The van der Waals surface area contributed by atoms with Crippen LogP contribution in [0.25, 0.3) is 0 Å². The Morgan fingerprint density at radius 2 is 1.60 bits per heavy atom. The predicted molar refractivity (Wildman–Crippen MR) is 111 cm³/mol. The predicted octanol–water partition coefficient (Wildman–Crippen LogP) is 5.47. The number of carbonyl (C=O) groups is 2. The van der Waals surface area contributed by atoms with Crippen molar-refractivity contribution in [3.8, 4) is 0 Å². The summed E-state index contributed by atoms with van der Waals surface area (Å²) in [4.78, 5) is 25.4. The third-order valence-electron chi connectivity index (χ3n) is 3.73. The van der Waals surface area contributed by atoms with Crippen molar-refractivity contribution in [1.82, 2.24) is 0 Å². The van der Waals surface area contributed by atoms with Crippen LogP contribution in [0.3, 0.4) is 0 Å². The number of hydrogen-bond acceptors (Lipinski definition) is 3. The summed E-state index contributed by atoms with van der Waals surface area (Å²) in [7, 11) is 0. The molecule has 0 bridgehead atoms. The third-order valence-corrected chi connectivity index (χ3v) is 5.66. The number of thiophene rings is 1. The summed E-state index contributed by atoms with van der Waals surface area (Å²) in [5.41, 5.74) is 4.21. The van der Waals surface area contributed by atoms with E-state index in [0.717, 1.165) is 9.99 Å². The van der Waals surface area contributed by atoms with E-state index in [2.05, 4.69) is 27.9 Å². The van der Waals surface area contributed by atoms with E-state index < -0.39 is 0 Å². The Kier molecular flexibility index (Phi) is 5.65. The molecule has 0 fully saturated rings. The molecule has 0 atom stereocenters. The van der Waals surface area contributed by atoms with E-state index in [1.54, 1.807) is 24.3 Å². The highest BCUT2D eigenvalue weighted by Gasteiger charge is 2.11. The van der Waals surface area contributed by atoms with Gasteiger partial charge in [0.15, 0.2) is 5.78 Å². The second-order valence-corrected chi connectivity index (χ2v) is 7.35. The lowest BCUT2D eigenvalue weighted by Gasteiger charge is -2.06. The summed E-state index contributed by atoms with van der Waals surface area (Å²) in [5.74, 6) is -0.154. The van der Waals surface area contributed by atoms with Gasteiger partial charge in [0.25, 0.3) is 5.91 Å². The van der Waals surface area contributed by atoms with Gasteiger partial charge >= 0.3 is 0 Å². The zero-order chi connectivity index (χ0) is 17.8. The van der Waals surface area contributed by atoms with Gasteiger partial charge in [-0.15, -0.1) is 11.3 Å². The molecule has 0 saturated heterocycles. The van der Waals surface area contributed by atoms with Crippen LogP contribution in [-0.2, 0) is 4.43 Å². The molecule has 0 spiro atoms. The summed E-state index contributed by atoms with van der Waals surface area (Å²) < 4.78 is 0.921. The second-order valence-electron chi connectivity index (χ2n) is 5.68. The van der Waals surface area contributed by atoms with Crippen molar-refractivity contribution >= 4 is 51.3 Å². The molecular weight excluding hydrogens is 445 g/mol. The number of halogens is 1. The van der Waals surface area contributed by atoms with Gasteiger partial charge in [-0.3, -0.25) is 9.59 Å². The molecular formula is C20H16INO2S. The lowest BCUT2D eigenvalue weighted by molar-refractivity contribution is 0.102. The summed E-state index contributed by atoms with van der Waals surface area (Å²) in [5, 5.41) is 4.80. The Hall–Kier alpha value is -1.99. The highest BCUT2D eigenvalue weighted by atomic mass is 127. The van der Waals surface area contributed by atoms with Gasteiger partial charge in [-0.05, 0) is 53.8 Å². The highest BCUT2D eigenvalue weighted by molar-refractivity contribution is 14.1. The van der Waals surface area contributed by atoms with E-state index in [9.17, 15) is 9.59 Å². The van der Waals surface area contributed by atoms with Crippen molar-refractivity contribution in [2.24, 2.45) is 0 Å². The second kappa shape index (κ2) is 7.93. The van der Waals surface area contributed by atoms with Crippen molar-refractivity contribution in [3.05, 3.63) is 87.1 Å². The molecule has 3 rings (SSSR count). The summed E-state index contributed by atoms with van der Waals surface area (Å²) >= 11 is 3.71. The van der Waals surface area contributed by atoms with Gasteiger partial charge in [0.2, 0.25) is 0 Å². The van der Waals surface area contributed by atoms with Crippen molar-refractivity contribution in [1.29, 1.82) is 0 Å². The SMILES string of the molecule is Cc1csc(C(=O)Nc2ccc(C(=O)c3ccc(CI)cc3)cc2)c1. The van der Waals surface area contributed by atoms with Gasteiger partial charge in [-0.2, -0.15) is 0 Å². The topological polar surface area (TPSA) is 46.2 Å². The van der Waals surface area contributed by atoms with E-state index >= 15 is 0 Å². The number of carbonyl (C=O) groups excluding carboxylic acids is 2. The zero-order valence-corrected chi connectivity index (χ0v) is 16.6. The Labute approximate surface area is 164 Å². The van der Waals surface area contributed by atoms with Crippen LogP contribution in [-0.4, -0.2) is 11.7 Å². The lowest BCUT2D eigenvalue weighted by Crippen LogP contribution is -2.10. The van der Waals surface area contributed by atoms with Crippen molar-refractivity contribution in [3.63, 3.8) is 0 Å². The summed E-state index contributed by atoms with van der Waals surface area (Å²) in [6.45, 7) is 1.96. The van der Waals surface area contributed by atoms with Crippen LogP contribution in [0.4, 0.5) is 5.69 Å². The van der Waals surface area contributed by atoms with Gasteiger partial charge in [0.1, 0.15) is 0 Å². The first-order valence-corrected chi connectivity index (χ1v) is 10.1. The number of ketones is 1. The average Bonchev–Trinajstić information content (AvgIpc) is 3.08. The number of hydrogen-bond donors (Lipinski definition) is 1. The minimum Gasteiger partial charge on any atom is -0.321 e. The smallest absolute Gasteiger partial charge is 0.265 e. The monoisotopic (exact) mass is 461 g/mol. The van der Waals surface area contributed by atoms with Gasteiger partial charge in [-0.25, -0.2) is 0 Å². The Bertz CT molecular complexity index is 898. The normalized spacial score (nSPS) is 10.5. The lowest BCUT2D eigenvalue weighted by atomic mass is 10.0. The molecule has 3 nitrogen and oxygen atoms in total. The molecule has 5 heteroatoms. The molecule has 126 valence electrons. The van der Waals surface area contributed by atoms with Crippen molar-refractivity contribution < 1.29 is 9.59 Å². The minimum absolute atomic E-state index is 0.0215. The maximum absolute atomic E-state index is 12.5. The standard InChI is InChI=1S/C20H16INO2S/c1-13-10-18(25-12-13)20(24)22-17-8-6-16(7-9-17)19(23)15-4-2-14(11-21)3-5-15/h2-10,12H,11H2,1H3,(H,22,24). The highest BCUT2D eigenvalue weighted by Crippen LogP contribution is 2.18. The Morgan fingerprint density at radius 3 is 2.12 bits per heavy atom. The molecule has 1 heterocycles. The van der Waals surface area contributed by atoms with Gasteiger partial charge in [0, 0.05) is 21.2 Å². The molecule has 3 aromatic rings. The average molecular weight is 461 g/mol. The summed E-state index contributed by atoms with van der Waals surface area (Å²) in [6.07, 6.45) is 0. The van der Waals surface area contributed by atoms with Gasteiger partial charge < -0.3 is 5.32 Å². The number of rotatable bonds is 5. The van der Waals surface area contributed by atoms with Crippen LogP contribution in [0, 0.1) is 6.92 Å². The molecule has 0 aliphatic rings. The summed E-state index contributed by atoms with van der Waals surface area (Å²) in [6, 6.07) is 16.5. The maximum atomic E-state index is 12.5. The van der Waals surface area contributed by atoms with E-state index in [1.165, 1.54) is 16.9 Å².